The molecule has 0 aliphatic rings. The van der Waals surface area contributed by atoms with Crippen LogP contribution in [0.5, 0.6) is 0 Å². The maximum absolute atomic E-state index is 12.5. The van der Waals surface area contributed by atoms with E-state index in [1.165, 1.54) is 17.1 Å². The number of nitrogen functional groups attached to an aromatic ring is 1. The first-order valence-electron chi connectivity index (χ1n) is 7.51. The topological polar surface area (TPSA) is 147 Å². The van der Waals surface area contributed by atoms with Crippen LogP contribution in [0.3, 0.4) is 0 Å². The summed E-state index contributed by atoms with van der Waals surface area (Å²) in [5.41, 5.74) is 6.57. The number of hydrogen-bond acceptors (Lipinski definition) is 10. The minimum absolute atomic E-state index is 0.0899. The standard InChI is InChI=1S/C14H10F2N10O/c15-11(16)14-23-22-13(27-14)8-4-19-10(20-5-8)6-26-12(21-24-25-26)7-1-2-9(17)18-3-7/h1-5,11H,6H2,(H2,17,18). The second-order valence-electron chi connectivity index (χ2n) is 5.27. The van der Waals surface area contributed by atoms with Crippen molar-refractivity contribution in [2.75, 3.05) is 5.73 Å². The Hall–Kier alpha value is -3.90. The van der Waals surface area contributed by atoms with Crippen molar-refractivity contribution in [2.45, 2.75) is 13.0 Å². The summed E-state index contributed by atoms with van der Waals surface area (Å²) in [6.45, 7) is 0.180. The highest BCUT2D eigenvalue weighted by atomic mass is 19.3. The highest BCUT2D eigenvalue weighted by molar-refractivity contribution is 5.55. The maximum atomic E-state index is 12.5. The van der Waals surface area contributed by atoms with Gasteiger partial charge in [0.15, 0.2) is 5.82 Å². The number of nitrogens with zero attached hydrogens (tertiary/aromatic N) is 9. The predicted octanol–water partition coefficient (Wildman–Crippen LogP) is 1.14. The summed E-state index contributed by atoms with van der Waals surface area (Å²) < 4.78 is 31.4. The molecule has 4 heterocycles. The van der Waals surface area contributed by atoms with Gasteiger partial charge in [0.1, 0.15) is 18.2 Å². The summed E-state index contributed by atoms with van der Waals surface area (Å²) in [7, 11) is 0. The Balaban J connectivity index is 1.54. The van der Waals surface area contributed by atoms with Gasteiger partial charge in [0.05, 0.1) is 5.56 Å². The Kier molecular flexibility index (Phi) is 4.16. The molecule has 4 aromatic heterocycles. The van der Waals surface area contributed by atoms with Gasteiger partial charge >= 0.3 is 6.43 Å². The molecule has 11 nitrogen and oxygen atoms in total. The molecule has 4 aromatic rings. The van der Waals surface area contributed by atoms with Crippen LogP contribution in [0.4, 0.5) is 14.6 Å². The predicted molar refractivity (Wildman–Crippen MR) is 84.8 cm³/mol. The van der Waals surface area contributed by atoms with Crippen LogP contribution < -0.4 is 5.73 Å². The van der Waals surface area contributed by atoms with Gasteiger partial charge in [-0.25, -0.2) is 19.6 Å². The zero-order valence-electron chi connectivity index (χ0n) is 13.4. The number of pyridine rings is 1. The summed E-state index contributed by atoms with van der Waals surface area (Å²) in [5, 5.41) is 18.3. The largest absolute Gasteiger partial charge is 0.415 e. The summed E-state index contributed by atoms with van der Waals surface area (Å²) >= 11 is 0. The molecule has 13 heteroatoms. The van der Waals surface area contributed by atoms with Crippen molar-refractivity contribution in [1.29, 1.82) is 0 Å². The molecular weight excluding hydrogens is 362 g/mol. The van der Waals surface area contributed by atoms with Crippen LogP contribution >= 0.6 is 0 Å². The fraction of sp³-hybridized carbons (Fsp3) is 0.143. The van der Waals surface area contributed by atoms with Gasteiger partial charge in [0, 0.05) is 24.2 Å². The molecule has 4 rings (SSSR count). The molecule has 0 atom stereocenters. The van der Waals surface area contributed by atoms with Crippen molar-refractivity contribution in [1.82, 2.24) is 45.4 Å². The van der Waals surface area contributed by atoms with E-state index in [4.69, 9.17) is 10.2 Å². The third-order valence-corrected chi connectivity index (χ3v) is 3.45. The quantitative estimate of drug-likeness (QED) is 0.540. The van der Waals surface area contributed by atoms with Crippen LogP contribution in [0.1, 0.15) is 18.1 Å². The molecule has 0 aromatic carbocycles. The lowest BCUT2D eigenvalue weighted by Gasteiger charge is -2.04. The van der Waals surface area contributed by atoms with E-state index in [0.29, 0.717) is 28.6 Å². The zero-order valence-corrected chi connectivity index (χ0v) is 13.4. The molecule has 27 heavy (non-hydrogen) atoms. The summed E-state index contributed by atoms with van der Waals surface area (Å²) in [5.74, 6) is 0.392. The highest BCUT2D eigenvalue weighted by Crippen LogP contribution is 2.22. The van der Waals surface area contributed by atoms with E-state index in [-0.39, 0.29) is 12.4 Å². The van der Waals surface area contributed by atoms with Gasteiger partial charge in [-0.2, -0.15) is 8.78 Å². The molecule has 0 aliphatic heterocycles. The van der Waals surface area contributed by atoms with Crippen LogP contribution in [0.25, 0.3) is 22.8 Å². The monoisotopic (exact) mass is 372 g/mol. The summed E-state index contributed by atoms with van der Waals surface area (Å²) in [6, 6.07) is 3.38. The van der Waals surface area contributed by atoms with Crippen LogP contribution in [0, 0.1) is 0 Å². The van der Waals surface area contributed by atoms with E-state index < -0.39 is 12.3 Å². The van der Waals surface area contributed by atoms with Crippen molar-refractivity contribution in [3.05, 3.63) is 42.4 Å². The minimum atomic E-state index is -2.84. The van der Waals surface area contributed by atoms with E-state index in [1.807, 2.05) is 0 Å². The zero-order chi connectivity index (χ0) is 18.8. The number of halogens is 2. The van der Waals surface area contributed by atoms with Gasteiger partial charge in [0.2, 0.25) is 0 Å². The molecule has 0 fully saturated rings. The lowest BCUT2D eigenvalue weighted by atomic mass is 10.2. The Morgan fingerprint density at radius 2 is 1.78 bits per heavy atom. The number of anilines is 1. The second kappa shape index (κ2) is 6.78. The third-order valence-electron chi connectivity index (χ3n) is 3.45. The average Bonchev–Trinajstić information content (AvgIpc) is 3.33. The molecular formula is C14H10F2N10O. The molecule has 136 valence electrons. The molecule has 0 amide bonds. The van der Waals surface area contributed by atoms with Crippen molar-refractivity contribution in [3.63, 3.8) is 0 Å². The Labute approximate surface area is 149 Å². The molecule has 0 bridgehead atoms. The van der Waals surface area contributed by atoms with Gasteiger partial charge in [-0.1, -0.05) is 0 Å². The fourth-order valence-corrected chi connectivity index (χ4v) is 2.18. The number of tetrazole rings is 1. The molecule has 0 saturated heterocycles. The van der Waals surface area contributed by atoms with Gasteiger partial charge in [-0.15, -0.1) is 15.3 Å². The number of hydrogen-bond donors (Lipinski definition) is 1. The van der Waals surface area contributed by atoms with Gasteiger partial charge < -0.3 is 10.2 Å². The molecule has 0 unspecified atom stereocenters. The van der Waals surface area contributed by atoms with Crippen LogP contribution in [0.2, 0.25) is 0 Å². The Morgan fingerprint density at radius 3 is 2.44 bits per heavy atom. The first-order valence-corrected chi connectivity index (χ1v) is 7.51. The van der Waals surface area contributed by atoms with E-state index in [9.17, 15) is 8.78 Å². The second-order valence-corrected chi connectivity index (χ2v) is 5.27. The number of aromatic nitrogens is 9. The summed E-state index contributed by atoms with van der Waals surface area (Å²) in [6.07, 6.45) is 1.49. The van der Waals surface area contributed by atoms with Crippen LogP contribution in [-0.4, -0.2) is 45.4 Å². The maximum Gasteiger partial charge on any atom is 0.314 e. The smallest absolute Gasteiger partial charge is 0.314 e. The van der Waals surface area contributed by atoms with Crippen molar-refractivity contribution in [3.8, 4) is 22.8 Å². The van der Waals surface area contributed by atoms with E-state index >= 15 is 0 Å². The average molecular weight is 372 g/mol. The van der Waals surface area contributed by atoms with Crippen LogP contribution in [0.15, 0.2) is 35.1 Å². The lowest BCUT2D eigenvalue weighted by molar-refractivity contribution is 0.116. The SMILES string of the molecule is Nc1ccc(-c2nnnn2Cc2ncc(-c3nnc(C(F)F)o3)cn2)cn1. The van der Waals surface area contributed by atoms with E-state index in [2.05, 4.69) is 40.7 Å². The van der Waals surface area contributed by atoms with Gasteiger partial charge in [0.25, 0.3) is 11.8 Å². The third kappa shape index (κ3) is 3.42. The van der Waals surface area contributed by atoms with Crippen molar-refractivity contribution in [2.24, 2.45) is 0 Å². The Morgan fingerprint density at radius 1 is 1.00 bits per heavy atom. The molecule has 0 radical (unpaired) electrons. The molecule has 0 saturated carbocycles. The number of rotatable bonds is 5. The van der Waals surface area contributed by atoms with Gasteiger partial charge in [-0.05, 0) is 22.6 Å². The molecule has 0 spiro atoms. The van der Waals surface area contributed by atoms with E-state index in [0.717, 1.165) is 0 Å². The van der Waals surface area contributed by atoms with E-state index in [1.54, 1.807) is 18.3 Å². The fourth-order valence-electron chi connectivity index (χ4n) is 2.18. The first-order chi connectivity index (χ1) is 13.1. The van der Waals surface area contributed by atoms with Crippen molar-refractivity contribution < 1.29 is 13.2 Å². The number of nitrogens with two attached hydrogens (primary N) is 1. The van der Waals surface area contributed by atoms with Crippen molar-refractivity contribution >= 4 is 5.82 Å². The lowest BCUT2D eigenvalue weighted by Crippen LogP contribution is -2.08. The minimum Gasteiger partial charge on any atom is -0.415 e. The first kappa shape index (κ1) is 16.6. The summed E-state index contributed by atoms with van der Waals surface area (Å²) in [4.78, 5) is 12.3. The highest BCUT2D eigenvalue weighted by Gasteiger charge is 2.17. The molecule has 0 aliphatic carbocycles. The molecule has 2 N–H and O–H groups in total. The normalized spacial score (nSPS) is 11.2. The van der Waals surface area contributed by atoms with Crippen LogP contribution in [-0.2, 0) is 6.54 Å². The number of alkyl halides is 2. The van der Waals surface area contributed by atoms with Gasteiger partial charge in [-0.3, -0.25) is 0 Å². The Bertz CT molecular complexity index is 1040.